The summed E-state index contributed by atoms with van der Waals surface area (Å²) in [7, 11) is 0. The molecule has 0 spiro atoms. The molecule has 2 saturated carbocycles. The maximum Gasteiger partial charge on any atom is -0.0360 e. The van der Waals surface area contributed by atoms with Crippen LogP contribution in [0.5, 0.6) is 0 Å². The predicted octanol–water partition coefficient (Wildman–Crippen LogP) is 4.49. The molecule has 0 saturated heterocycles. The Balaban J connectivity index is 1.91. The van der Waals surface area contributed by atoms with E-state index in [0.717, 1.165) is 29.6 Å². The fourth-order valence-electron chi connectivity index (χ4n) is 4.03. The van der Waals surface area contributed by atoms with Crippen LogP contribution >= 0.6 is 0 Å². The first-order chi connectivity index (χ1) is 6.66. The average Bonchev–Trinajstić information content (AvgIpc) is 2.51. The normalized spacial score (nSPS) is 49.5. The lowest BCUT2D eigenvalue weighted by Gasteiger charge is -2.36. The van der Waals surface area contributed by atoms with Crippen molar-refractivity contribution in [1.29, 1.82) is 0 Å². The minimum absolute atomic E-state index is 1.00. The number of rotatable bonds is 1. The topological polar surface area (TPSA) is 0 Å². The minimum Gasteiger partial charge on any atom is -0.0625 e. The van der Waals surface area contributed by atoms with Crippen molar-refractivity contribution in [3.63, 3.8) is 0 Å². The lowest BCUT2D eigenvalue weighted by atomic mass is 9.69. The van der Waals surface area contributed by atoms with E-state index < -0.39 is 0 Å². The SMILES string of the molecule is CC1CCC(C2CCC(C)C2)C(C)C1. The van der Waals surface area contributed by atoms with E-state index in [1.165, 1.54) is 38.5 Å². The third-order valence-corrected chi connectivity index (χ3v) is 4.84. The van der Waals surface area contributed by atoms with Gasteiger partial charge in [-0.2, -0.15) is 0 Å². The molecule has 82 valence electrons. The van der Waals surface area contributed by atoms with E-state index in [9.17, 15) is 0 Å². The van der Waals surface area contributed by atoms with E-state index >= 15 is 0 Å². The van der Waals surface area contributed by atoms with Crippen LogP contribution in [-0.2, 0) is 0 Å². The molecule has 0 aromatic carbocycles. The van der Waals surface area contributed by atoms with Crippen molar-refractivity contribution in [2.45, 2.75) is 59.3 Å². The Morgan fingerprint density at radius 2 is 1.36 bits per heavy atom. The Kier molecular flexibility index (Phi) is 3.19. The molecule has 14 heavy (non-hydrogen) atoms. The van der Waals surface area contributed by atoms with E-state index in [1.807, 2.05) is 0 Å². The fourth-order valence-corrected chi connectivity index (χ4v) is 4.03. The molecule has 0 N–H and O–H groups in total. The van der Waals surface area contributed by atoms with Gasteiger partial charge in [-0.05, 0) is 55.3 Å². The summed E-state index contributed by atoms with van der Waals surface area (Å²) in [6.07, 6.45) is 9.09. The average molecular weight is 194 g/mol. The lowest BCUT2D eigenvalue weighted by Crippen LogP contribution is -2.26. The minimum atomic E-state index is 1.00. The molecule has 0 aliphatic heterocycles. The first-order valence-electron chi connectivity index (χ1n) is 6.66. The molecule has 0 heteroatoms. The Hall–Kier alpha value is 0. The zero-order valence-corrected chi connectivity index (χ0v) is 10.1. The van der Waals surface area contributed by atoms with Gasteiger partial charge in [0.05, 0.1) is 0 Å². The molecular weight excluding hydrogens is 168 g/mol. The van der Waals surface area contributed by atoms with Gasteiger partial charge in [-0.25, -0.2) is 0 Å². The zero-order chi connectivity index (χ0) is 10.1. The highest BCUT2D eigenvalue weighted by Crippen LogP contribution is 2.45. The maximum atomic E-state index is 2.50. The quantitative estimate of drug-likeness (QED) is 0.577. The van der Waals surface area contributed by atoms with Crippen LogP contribution < -0.4 is 0 Å². The highest BCUT2D eigenvalue weighted by atomic mass is 14.4. The van der Waals surface area contributed by atoms with Gasteiger partial charge in [0.1, 0.15) is 0 Å². The van der Waals surface area contributed by atoms with Gasteiger partial charge < -0.3 is 0 Å². The van der Waals surface area contributed by atoms with Gasteiger partial charge in [-0.3, -0.25) is 0 Å². The Labute approximate surface area is 89.5 Å². The van der Waals surface area contributed by atoms with E-state index in [0.29, 0.717) is 0 Å². The van der Waals surface area contributed by atoms with Gasteiger partial charge in [0, 0.05) is 0 Å². The molecule has 2 aliphatic rings. The van der Waals surface area contributed by atoms with Gasteiger partial charge in [-0.15, -0.1) is 0 Å². The van der Waals surface area contributed by atoms with Crippen molar-refractivity contribution < 1.29 is 0 Å². The van der Waals surface area contributed by atoms with Crippen LogP contribution in [0.1, 0.15) is 59.3 Å². The maximum absolute atomic E-state index is 2.50. The molecule has 0 aromatic rings. The van der Waals surface area contributed by atoms with Crippen molar-refractivity contribution in [1.82, 2.24) is 0 Å². The van der Waals surface area contributed by atoms with Crippen molar-refractivity contribution in [2.75, 3.05) is 0 Å². The zero-order valence-electron chi connectivity index (χ0n) is 10.1. The summed E-state index contributed by atoms with van der Waals surface area (Å²) in [5.74, 6) is 5.20. The van der Waals surface area contributed by atoms with Gasteiger partial charge in [0.15, 0.2) is 0 Å². The molecule has 0 nitrogen and oxygen atoms in total. The summed E-state index contributed by atoms with van der Waals surface area (Å²) in [5.41, 5.74) is 0. The second kappa shape index (κ2) is 4.24. The van der Waals surface area contributed by atoms with Crippen LogP contribution in [0.4, 0.5) is 0 Å². The summed E-state index contributed by atoms with van der Waals surface area (Å²) in [5, 5.41) is 0. The molecule has 0 heterocycles. The predicted molar refractivity (Wildman–Crippen MR) is 62.2 cm³/mol. The van der Waals surface area contributed by atoms with E-state index in [4.69, 9.17) is 0 Å². The summed E-state index contributed by atoms with van der Waals surface area (Å²) >= 11 is 0. The van der Waals surface area contributed by atoms with Crippen molar-refractivity contribution in [3.05, 3.63) is 0 Å². The standard InChI is InChI=1S/C14H26/c1-10-5-7-14(12(3)8-10)13-6-4-11(2)9-13/h10-14H,4-9H2,1-3H3. The van der Waals surface area contributed by atoms with Gasteiger partial charge in [-0.1, -0.05) is 33.6 Å². The summed E-state index contributed by atoms with van der Waals surface area (Å²) in [6.45, 7) is 7.38. The molecule has 0 radical (unpaired) electrons. The van der Waals surface area contributed by atoms with Gasteiger partial charge in [0.2, 0.25) is 0 Å². The van der Waals surface area contributed by atoms with Crippen molar-refractivity contribution in [3.8, 4) is 0 Å². The number of hydrogen-bond acceptors (Lipinski definition) is 0. The third-order valence-electron chi connectivity index (χ3n) is 4.84. The molecule has 0 amide bonds. The van der Waals surface area contributed by atoms with Gasteiger partial charge in [0.25, 0.3) is 0 Å². The largest absolute Gasteiger partial charge is 0.0625 e. The monoisotopic (exact) mass is 194 g/mol. The van der Waals surface area contributed by atoms with E-state index in [2.05, 4.69) is 20.8 Å². The van der Waals surface area contributed by atoms with Crippen LogP contribution in [-0.4, -0.2) is 0 Å². The molecule has 2 aliphatic carbocycles. The van der Waals surface area contributed by atoms with Crippen LogP contribution in [0.3, 0.4) is 0 Å². The first kappa shape index (κ1) is 10.5. The van der Waals surface area contributed by atoms with Crippen molar-refractivity contribution in [2.24, 2.45) is 29.6 Å². The molecule has 2 fully saturated rings. The molecule has 0 bridgehead atoms. The Morgan fingerprint density at radius 3 is 1.93 bits per heavy atom. The summed E-state index contributed by atoms with van der Waals surface area (Å²) < 4.78 is 0. The van der Waals surface area contributed by atoms with Crippen LogP contribution in [0, 0.1) is 29.6 Å². The van der Waals surface area contributed by atoms with Crippen LogP contribution in [0.15, 0.2) is 0 Å². The lowest BCUT2D eigenvalue weighted by molar-refractivity contribution is 0.141. The fraction of sp³-hybridized carbons (Fsp3) is 1.00. The third kappa shape index (κ3) is 2.15. The van der Waals surface area contributed by atoms with E-state index in [-0.39, 0.29) is 0 Å². The Morgan fingerprint density at radius 1 is 0.714 bits per heavy atom. The molecular formula is C14H26. The van der Waals surface area contributed by atoms with Crippen LogP contribution in [0.25, 0.3) is 0 Å². The summed E-state index contributed by atoms with van der Waals surface area (Å²) in [6, 6.07) is 0. The highest BCUT2D eigenvalue weighted by Gasteiger charge is 2.34. The molecule has 0 aromatic heterocycles. The van der Waals surface area contributed by atoms with Crippen LogP contribution in [0.2, 0.25) is 0 Å². The second-order valence-electron chi connectivity index (χ2n) is 6.24. The summed E-state index contributed by atoms with van der Waals surface area (Å²) in [4.78, 5) is 0. The van der Waals surface area contributed by atoms with Gasteiger partial charge >= 0.3 is 0 Å². The number of hydrogen-bond donors (Lipinski definition) is 0. The van der Waals surface area contributed by atoms with E-state index in [1.54, 1.807) is 0 Å². The molecule has 5 unspecified atom stereocenters. The molecule has 5 atom stereocenters. The first-order valence-corrected chi connectivity index (χ1v) is 6.66. The highest BCUT2D eigenvalue weighted by molar-refractivity contribution is 4.85. The Bertz CT molecular complexity index is 184. The molecule has 2 rings (SSSR count). The van der Waals surface area contributed by atoms with Crippen molar-refractivity contribution >= 4 is 0 Å². The second-order valence-corrected chi connectivity index (χ2v) is 6.24. The smallest absolute Gasteiger partial charge is 0.0360 e.